The zero-order chi connectivity index (χ0) is 36.4. The van der Waals surface area contributed by atoms with Gasteiger partial charge in [0.2, 0.25) is 0 Å². The Morgan fingerprint density at radius 2 is 0.750 bits per heavy atom. The van der Waals surface area contributed by atoms with Crippen LogP contribution < -0.4 is 0 Å². The number of hydrogen-bond acceptors (Lipinski definition) is 8. The molecule has 0 aromatic carbocycles. The van der Waals surface area contributed by atoms with Crippen LogP contribution in [0.4, 0.5) is 0 Å². The van der Waals surface area contributed by atoms with Crippen LogP contribution in [-0.4, -0.2) is 74.0 Å². The largest absolute Gasteiger partial charge is 0.465 e. The molecule has 10 atom stereocenters. The molecule has 0 spiro atoms. The van der Waals surface area contributed by atoms with Crippen LogP contribution in [0.1, 0.15) is 194 Å². The second-order valence-corrected chi connectivity index (χ2v) is 17.0. The summed E-state index contributed by atoms with van der Waals surface area (Å²) in [5, 5.41) is 0. The van der Waals surface area contributed by atoms with E-state index in [0.717, 1.165) is 38.5 Å². The Kier molecular flexibility index (Phi) is 19.1. The van der Waals surface area contributed by atoms with Crippen molar-refractivity contribution in [2.45, 2.75) is 242 Å². The van der Waals surface area contributed by atoms with Crippen LogP contribution in [0.3, 0.4) is 0 Å². The topological polar surface area (TPSA) is 103 Å². The molecule has 8 heteroatoms. The smallest absolute Gasteiger partial charge is 0.309 e. The van der Waals surface area contributed by atoms with E-state index < -0.39 is 11.8 Å². The Bertz CT molecular complexity index is 1000. The minimum absolute atomic E-state index is 0.102. The molecular formula is C44H76O8. The second-order valence-electron chi connectivity index (χ2n) is 17.0. The van der Waals surface area contributed by atoms with E-state index in [9.17, 15) is 9.59 Å². The molecular weight excluding hydrogens is 656 g/mol. The van der Waals surface area contributed by atoms with Crippen molar-refractivity contribution in [3.63, 3.8) is 0 Å². The first-order valence-electron chi connectivity index (χ1n) is 22.5. The van der Waals surface area contributed by atoms with Crippen molar-refractivity contribution in [3.05, 3.63) is 0 Å². The molecule has 4 aliphatic heterocycles. The number of hydrogen-bond donors (Lipinski definition) is 0. The first kappa shape index (κ1) is 41.9. The van der Waals surface area contributed by atoms with E-state index >= 15 is 0 Å². The van der Waals surface area contributed by atoms with Gasteiger partial charge in [-0.1, -0.05) is 136 Å². The highest BCUT2D eigenvalue weighted by molar-refractivity contribution is 5.82. The third kappa shape index (κ3) is 15.9. The maximum absolute atomic E-state index is 13.0. The summed E-state index contributed by atoms with van der Waals surface area (Å²) in [6.45, 7) is 5.38. The summed E-state index contributed by atoms with van der Waals surface area (Å²) in [4.78, 5) is 26.1. The molecule has 300 valence electrons. The molecule has 4 saturated heterocycles. The van der Waals surface area contributed by atoms with Gasteiger partial charge >= 0.3 is 11.9 Å². The van der Waals surface area contributed by atoms with Crippen molar-refractivity contribution in [1.29, 1.82) is 0 Å². The van der Waals surface area contributed by atoms with Gasteiger partial charge < -0.3 is 28.4 Å². The summed E-state index contributed by atoms with van der Waals surface area (Å²) in [7, 11) is 0. The molecule has 1 aliphatic carbocycles. The maximum Gasteiger partial charge on any atom is 0.309 e. The highest BCUT2D eigenvalue weighted by atomic mass is 16.6. The fraction of sp³-hybridized carbons (Fsp3) is 0.955. The Morgan fingerprint density at radius 3 is 1.19 bits per heavy atom. The zero-order valence-corrected chi connectivity index (χ0v) is 33.3. The van der Waals surface area contributed by atoms with Crippen LogP contribution in [0, 0.1) is 11.8 Å². The van der Waals surface area contributed by atoms with Crippen LogP contribution in [0.15, 0.2) is 0 Å². The first-order chi connectivity index (χ1) is 25.6. The van der Waals surface area contributed by atoms with E-state index in [1.165, 1.54) is 128 Å². The average molecular weight is 733 g/mol. The van der Waals surface area contributed by atoms with Crippen LogP contribution in [0.25, 0.3) is 0 Å². The molecule has 0 aromatic heterocycles. The second kappa shape index (κ2) is 23.6. The minimum atomic E-state index is -0.441. The molecule has 52 heavy (non-hydrogen) atoms. The van der Waals surface area contributed by atoms with Gasteiger partial charge in [0.05, 0.1) is 73.9 Å². The third-order valence-electron chi connectivity index (χ3n) is 12.5. The number of carbonyl (C=O) groups is 2. The average Bonchev–Trinajstić information content (AvgIpc) is 3.97. The highest BCUT2D eigenvalue weighted by Crippen LogP contribution is 2.44. The lowest BCUT2D eigenvalue weighted by Gasteiger charge is -2.26. The molecule has 0 bridgehead atoms. The van der Waals surface area contributed by atoms with Crippen molar-refractivity contribution >= 4 is 11.9 Å². The van der Waals surface area contributed by atoms with E-state index in [1.54, 1.807) is 0 Å². The van der Waals surface area contributed by atoms with E-state index in [4.69, 9.17) is 28.4 Å². The van der Waals surface area contributed by atoms with Gasteiger partial charge in [-0.3, -0.25) is 9.59 Å². The van der Waals surface area contributed by atoms with Crippen molar-refractivity contribution in [2.24, 2.45) is 11.8 Å². The first-order valence-corrected chi connectivity index (χ1v) is 22.5. The van der Waals surface area contributed by atoms with Gasteiger partial charge in [-0.2, -0.15) is 0 Å². The van der Waals surface area contributed by atoms with Crippen molar-refractivity contribution in [2.75, 3.05) is 13.2 Å². The summed E-state index contributed by atoms with van der Waals surface area (Å²) in [6.07, 6.45) is 35.9. The SMILES string of the molecule is CCCCCCCCC1OC1CCCCCCCCOC(=O)C1CC2OC2CC1C(=O)OCCCCCCCCC1OC1CC1OC1CCCCC. The molecule has 0 radical (unpaired) electrons. The molecule has 10 unspecified atom stereocenters. The lowest BCUT2D eigenvalue weighted by molar-refractivity contribution is -0.162. The number of epoxide rings is 4. The van der Waals surface area contributed by atoms with Gasteiger partial charge in [0.25, 0.3) is 0 Å². The van der Waals surface area contributed by atoms with Crippen molar-refractivity contribution < 1.29 is 38.0 Å². The number of fused-ring (bicyclic) bond motifs is 1. The molecule has 1 saturated carbocycles. The summed E-state index contributed by atoms with van der Waals surface area (Å²) in [6, 6.07) is 0. The van der Waals surface area contributed by atoms with Gasteiger partial charge in [-0.25, -0.2) is 0 Å². The van der Waals surface area contributed by atoms with Crippen LogP contribution in [0.2, 0.25) is 0 Å². The lowest BCUT2D eigenvalue weighted by Crippen LogP contribution is -2.37. The lowest BCUT2D eigenvalue weighted by atomic mass is 9.79. The quantitative estimate of drug-likeness (QED) is 0.0373. The molecule has 0 amide bonds. The summed E-state index contributed by atoms with van der Waals surface area (Å²) >= 11 is 0. The van der Waals surface area contributed by atoms with E-state index in [1.807, 2.05) is 0 Å². The van der Waals surface area contributed by atoms with Gasteiger partial charge in [0, 0.05) is 6.42 Å². The number of rotatable bonds is 33. The Hall–Kier alpha value is -1.22. The summed E-state index contributed by atoms with van der Waals surface area (Å²) < 4.78 is 34.7. The monoisotopic (exact) mass is 733 g/mol. The fourth-order valence-electron chi connectivity index (χ4n) is 8.73. The van der Waals surface area contributed by atoms with Crippen LogP contribution in [0.5, 0.6) is 0 Å². The maximum atomic E-state index is 13.0. The molecule has 5 aliphatic rings. The summed E-state index contributed by atoms with van der Waals surface area (Å²) in [5.74, 6) is -1.37. The highest BCUT2D eigenvalue weighted by Gasteiger charge is 2.53. The third-order valence-corrected chi connectivity index (χ3v) is 12.5. The van der Waals surface area contributed by atoms with Gasteiger partial charge in [0.1, 0.15) is 0 Å². The predicted octanol–water partition coefficient (Wildman–Crippen LogP) is 10.4. The minimum Gasteiger partial charge on any atom is -0.465 e. The fourth-order valence-corrected chi connectivity index (χ4v) is 8.73. The van der Waals surface area contributed by atoms with Crippen molar-refractivity contribution in [1.82, 2.24) is 0 Å². The number of unbranched alkanes of at least 4 members (excludes halogenated alkanes) is 17. The molecule has 5 rings (SSSR count). The Balaban J connectivity index is 0.799. The number of esters is 2. The number of carbonyl (C=O) groups excluding carboxylic acids is 2. The van der Waals surface area contributed by atoms with E-state index in [0.29, 0.717) is 62.7 Å². The van der Waals surface area contributed by atoms with Gasteiger partial charge in [-0.15, -0.1) is 0 Å². The van der Waals surface area contributed by atoms with Gasteiger partial charge in [0.15, 0.2) is 0 Å². The molecule has 4 heterocycles. The van der Waals surface area contributed by atoms with E-state index in [2.05, 4.69) is 13.8 Å². The van der Waals surface area contributed by atoms with Gasteiger partial charge in [-0.05, 0) is 51.4 Å². The normalized spacial score (nSPS) is 31.2. The molecule has 0 aromatic rings. The Morgan fingerprint density at radius 1 is 0.423 bits per heavy atom. The summed E-state index contributed by atoms with van der Waals surface area (Å²) in [5.41, 5.74) is 0. The van der Waals surface area contributed by atoms with Crippen LogP contribution in [-0.2, 0) is 38.0 Å². The number of ether oxygens (including phenoxy) is 6. The van der Waals surface area contributed by atoms with Crippen LogP contribution >= 0.6 is 0 Å². The van der Waals surface area contributed by atoms with Crippen molar-refractivity contribution in [3.8, 4) is 0 Å². The molecule has 5 fully saturated rings. The molecule has 8 nitrogen and oxygen atoms in total. The van der Waals surface area contributed by atoms with E-state index in [-0.39, 0.29) is 24.1 Å². The standard InChI is InChI=1S/C44H76O8/c1-3-5-7-8-13-19-25-35-36(49-35)26-20-14-9-11-16-22-28-47-43(45)33-30-39-40(52-39)31-34(33)44(46)48-29-23-17-12-10-15-21-27-38-42(51-38)32-41-37(50-41)24-18-6-4-2/h33-42H,3-32H2,1-2H3. The molecule has 0 N–H and O–H groups in total. The zero-order valence-electron chi connectivity index (χ0n) is 33.3. The Labute approximate surface area is 316 Å². The predicted molar refractivity (Wildman–Crippen MR) is 204 cm³/mol.